The minimum absolute atomic E-state index is 0.0884. The fraction of sp³-hybridized carbons (Fsp3) is 0.222. The Balaban J connectivity index is 1.65. The van der Waals surface area contributed by atoms with E-state index in [1.54, 1.807) is 11.8 Å². The summed E-state index contributed by atoms with van der Waals surface area (Å²) in [5.41, 5.74) is 2.15. The number of aryl methyl sites for hydroxylation is 1. The maximum atomic E-state index is 12.8. The van der Waals surface area contributed by atoms with E-state index in [0.29, 0.717) is 5.39 Å². The first-order chi connectivity index (χ1) is 11.2. The van der Waals surface area contributed by atoms with E-state index in [-0.39, 0.29) is 11.6 Å². The van der Waals surface area contributed by atoms with Gasteiger partial charge in [-0.3, -0.25) is 9.36 Å². The molecule has 0 unspecified atom stereocenters. The first-order valence-corrected chi connectivity index (χ1v) is 9.53. The number of fused-ring (bicyclic) bond motifs is 2. The number of nitrogens with zero attached hydrogens (tertiary/aromatic N) is 2. The molecule has 0 saturated carbocycles. The number of benzene rings is 2. The summed E-state index contributed by atoms with van der Waals surface area (Å²) in [5.74, 6) is 1.81. The predicted molar refractivity (Wildman–Crippen MR) is 97.7 cm³/mol. The highest BCUT2D eigenvalue weighted by Crippen LogP contribution is 2.34. The van der Waals surface area contributed by atoms with Crippen LogP contribution in [0.3, 0.4) is 0 Å². The van der Waals surface area contributed by atoms with Crippen molar-refractivity contribution in [2.24, 2.45) is 0 Å². The molecule has 2 aromatic carbocycles. The molecule has 0 fully saturated rings. The summed E-state index contributed by atoms with van der Waals surface area (Å²) < 4.78 is 1.88. The zero-order valence-corrected chi connectivity index (χ0v) is 14.4. The molecule has 1 aliphatic rings. The van der Waals surface area contributed by atoms with Crippen molar-refractivity contribution in [2.45, 2.75) is 23.0 Å². The highest BCUT2D eigenvalue weighted by Gasteiger charge is 2.26. The van der Waals surface area contributed by atoms with Crippen LogP contribution in [0.5, 0.6) is 0 Å². The highest BCUT2D eigenvalue weighted by molar-refractivity contribution is 8.00. The Morgan fingerprint density at radius 2 is 2.13 bits per heavy atom. The van der Waals surface area contributed by atoms with E-state index in [0.717, 1.165) is 22.2 Å². The Hall–Kier alpha value is -1.72. The number of hydrogen-bond donors (Lipinski definition) is 0. The van der Waals surface area contributed by atoms with Crippen molar-refractivity contribution >= 4 is 34.4 Å². The second-order valence-corrected chi connectivity index (χ2v) is 7.76. The molecule has 3 aromatic rings. The van der Waals surface area contributed by atoms with Crippen LogP contribution in [0.1, 0.15) is 11.6 Å². The molecular formula is C18H16N2OS2. The summed E-state index contributed by atoms with van der Waals surface area (Å²) in [6.07, 6.45) is 0. The van der Waals surface area contributed by atoms with Gasteiger partial charge in [0.25, 0.3) is 5.56 Å². The van der Waals surface area contributed by atoms with Crippen LogP contribution in [0.15, 0.2) is 63.4 Å². The van der Waals surface area contributed by atoms with Gasteiger partial charge in [-0.1, -0.05) is 41.6 Å². The van der Waals surface area contributed by atoms with Crippen LogP contribution in [0.4, 0.5) is 0 Å². The average molecular weight is 340 g/mol. The van der Waals surface area contributed by atoms with Crippen molar-refractivity contribution in [3.8, 4) is 0 Å². The van der Waals surface area contributed by atoms with Crippen LogP contribution in [-0.4, -0.2) is 21.1 Å². The number of rotatable bonds is 3. The fourth-order valence-corrected chi connectivity index (χ4v) is 5.20. The molecule has 1 atom stereocenters. The van der Waals surface area contributed by atoms with Crippen LogP contribution in [0, 0.1) is 6.92 Å². The third kappa shape index (κ3) is 2.79. The molecule has 0 amide bonds. The monoisotopic (exact) mass is 340 g/mol. The lowest BCUT2D eigenvalue weighted by Gasteiger charge is -2.13. The van der Waals surface area contributed by atoms with Crippen LogP contribution in [-0.2, 0) is 0 Å². The van der Waals surface area contributed by atoms with Gasteiger partial charge in [0.2, 0.25) is 0 Å². The highest BCUT2D eigenvalue weighted by atomic mass is 32.2. The lowest BCUT2D eigenvalue weighted by Crippen LogP contribution is -2.25. The number of hydrogen-bond acceptors (Lipinski definition) is 4. The van der Waals surface area contributed by atoms with Crippen LogP contribution in [0.25, 0.3) is 10.9 Å². The van der Waals surface area contributed by atoms with Crippen molar-refractivity contribution in [2.75, 3.05) is 11.5 Å². The lowest BCUT2D eigenvalue weighted by molar-refractivity contribution is 0.558. The van der Waals surface area contributed by atoms with Crippen LogP contribution >= 0.6 is 23.5 Å². The Bertz CT molecular complexity index is 936. The molecule has 23 heavy (non-hydrogen) atoms. The zero-order chi connectivity index (χ0) is 15.8. The van der Waals surface area contributed by atoms with E-state index in [2.05, 4.69) is 36.2 Å². The molecule has 0 N–H and O–H groups in total. The molecule has 1 aliphatic heterocycles. The van der Waals surface area contributed by atoms with Gasteiger partial charge in [0, 0.05) is 16.4 Å². The number of thioether (sulfide) groups is 2. The topological polar surface area (TPSA) is 34.9 Å². The molecule has 0 saturated heterocycles. The van der Waals surface area contributed by atoms with Gasteiger partial charge in [0.15, 0.2) is 5.16 Å². The number of aromatic nitrogens is 2. The smallest absolute Gasteiger partial charge is 0.262 e. The summed E-state index contributed by atoms with van der Waals surface area (Å²) in [6.45, 7) is 2.10. The standard InChI is InChI=1S/C18H16N2OS2/c1-12-5-4-6-14(9-12)22-10-13-11-23-18-19-16-8-3-2-7-15(16)17(21)20(13)18/h2-9,13H,10-11H2,1H3/t13-/m1/s1. The molecule has 0 bridgehead atoms. The predicted octanol–water partition coefficient (Wildman–Crippen LogP) is 4.14. The third-order valence-corrected chi connectivity index (χ3v) is 6.21. The number of para-hydroxylation sites is 1. The van der Waals surface area contributed by atoms with Gasteiger partial charge in [0.1, 0.15) is 0 Å². The molecule has 0 aliphatic carbocycles. The van der Waals surface area contributed by atoms with Gasteiger partial charge >= 0.3 is 0 Å². The summed E-state index contributed by atoms with van der Waals surface area (Å²) in [4.78, 5) is 18.7. The summed E-state index contributed by atoms with van der Waals surface area (Å²) >= 11 is 3.49. The quantitative estimate of drug-likeness (QED) is 0.530. The largest absolute Gasteiger partial charge is 0.282 e. The van der Waals surface area contributed by atoms with Crippen molar-refractivity contribution < 1.29 is 0 Å². The third-order valence-electron chi connectivity index (χ3n) is 3.98. The second kappa shape index (κ2) is 6.06. The molecule has 5 heteroatoms. The molecule has 0 spiro atoms. The molecule has 3 nitrogen and oxygen atoms in total. The zero-order valence-electron chi connectivity index (χ0n) is 12.7. The van der Waals surface area contributed by atoms with E-state index >= 15 is 0 Å². The molecule has 2 heterocycles. The fourth-order valence-electron chi connectivity index (χ4n) is 2.81. The van der Waals surface area contributed by atoms with Gasteiger partial charge in [0.05, 0.1) is 16.9 Å². The normalized spacial score (nSPS) is 16.7. The van der Waals surface area contributed by atoms with E-state index in [4.69, 9.17) is 0 Å². The lowest BCUT2D eigenvalue weighted by atomic mass is 10.2. The molecule has 0 radical (unpaired) electrons. The van der Waals surface area contributed by atoms with Crippen molar-refractivity contribution in [3.05, 3.63) is 64.4 Å². The first-order valence-electron chi connectivity index (χ1n) is 7.56. The van der Waals surface area contributed by atoms with Gasteiger partial charge in [-0.2, -0.15) is 0 Å². The Labute approximate surface area is 143 Å². The van der Waals surface area contributed by atoms with Gasteiger partial charge in [-0.05, 0) is 31.2 Å². The van der Waals surface area contributed by atoms with E-state index in [9.17, 15) is 4.79 Å². The molecule has 4 rings (SSSR count). The second-order valence-electron chi connectivity index (χ2n) is 5.68. The van der Waals surface area contributed by atoms with E-state index < -0.39 is 0 Å². The van der Waals surface area contributed by atoms with Gasteiger partial charge < -0.3 is 0 Å². The summed E-state index contributed by atoms with van der Waals surface area (Å²) in [6, 6.07) is 16.3. The van der Waals surface area contributed by atoms with Crippen molar-refractivity contribution in [3.63, 3.8) is 0 Å². The van der Waals surface area contributed by atoms with Crippen LogP contribution < -0.4 is 5.56 Å². The van der Waals surface area contributed by atoms with Gasteiger partial charge in [-0.25, -0.2) is 4.98 Å². The molecule has 116 valence electrons. The molecular weight excluding hydrogens is 324 g/mol. The Morgan fingerprint density at radius 1 is 1.26 bits per heavy atom. The SMILES string of the molecule is Cc1cccc(SC[C@@H]2CSc3nc4ccccc4c(=O)n32)c1. The summed E-state index contributed by atoms with van der Waals surface area (Å²) in [5, 5.41) is 1.56. The van der Waals surface area contributed by atoms with E-state index in [1.165, 1.54) is 10.5 Å². The minimum Gasteiger partial charge on any atom is -0.282 e. The first kappa shape index (κ1) is 14.8. The van der Waals surface area contributed by atoms with Crippen molar-refractivity contribution in [1.82, 2.24) is 9.55 Å². The Kier molecular flexibility index (Phi) is 3.91. The average Bonchev–Trinajstić information content (AvgIpc) is 2.96. The van der Waals surface area contributed by atoms with E-state index in [1.807, 2.05) is 40.6 Å². The summed E-state index contributed by atoms with van der Waals surface area (Å²) in [7, 11) is 0. The maximum Gasteiger partial charge on any atom is 0.262 e. The maximum absolute atomic E-state index is 12.8. The van der Waals surface area contributed by atoms with Crippen LogP contribution in [0.2, 0.25) is 0 Å². The van der Waals surface area contributed by atoms with Gasteiger partial charge in [-0.15, -0.1) is 11.8 Å². The van der Waals surface area contributed by atoms with Crippen molar-refractivity contribution in [1.29, 1.82) is 0 Å². The minimum atomic E-state index is 0.0884. The molecule has 1 aromatic heterocycles. The Morgan fingerprint density at radius 3 is 3.00 bits per heavy atom.